The van der Waals surface area contributed by atoms with E-state index in [2.05, 4.69) is 10.6 Å². The largest absolute Gasteiger partial charge is 0.346 e. The third-order valence-electron chi connectivity index (χ3n) is 6.16. The molecule has 3 saturated carbocycles. The van der Waals surface area contributed by atoms with Crippen LogP contribution in [0.15, 0.2) is 18.2 Å². The van der Waals surface area contributed by atoms with E-state index in [0.717, 1.165) is 23.9 Å². The minimum Gasteiger partial charge on any atom is -0.346 e. The lowest BCUT2D eigenvalue weighted by molar-refractivity contribution is 0.0637. The fourth-order valence-corrected chi connectivity index (χ4v) is 5.85. The Kier molecular flexibility index (Phi) is 3.07. The van der Waals surface area contributed by atoms with Crippen LogP contribution >= 0.6 is 11.3 Å². The summed E-state index contributed by atoms with van der Waals surface area (Å²) in [4.78, 5) is 13.2. The second-order valence-electron chi connectivity index (χ2n) is 7.37. The maximum atomic E-state index is 13.9. The zero-order chi connectivity index (χ0) is 16.5. The molecule has 1 aliphatic heterocycles. The SMILES string of the molecule is O=C(NC1C2CCC(CC2)[C@@]12CN2)c1cc2cc(F)cc(F)c2s1. The number of carbonyl (C=O) groups excluding carboxylic acids is 1. The third-order valence-corrected chi connectivity index (χ3v) is 7.32. The molecule has 126 valence electrons. The Balaban J connectivity index is 1.44. The van der Waals surface area contributed by atoms with Gasteiger partial charge in [0, 0.05) is 12.6 Å². The first-order valence-electron chi connectivity index (χ1n) is 8.51. The van der Waals surface area contributed by atoms with Gasteiger partial charge < -0.3 is 10.6 Å². The second-order valence-corrected chi connectivity index (χ2v) is 8.43. The van der Waals surface area contributed by atoms with Crippen LogP contribution in [0.25, 0.3) is 10.1 Å². The number of carbonyl (C=O) groups is 1. The van der Waals surface area contributed by atoms with Crippen LogP contribution in [-0.4, -0.2) is 24.0 Å². The summed E-state index contributed by atoms with van der Waals surface area (Å²) in [5.41, 5.74) is 0.0882. The van der Waals surface area contributed by atoms with Crippen LogP contribution in [0.3, 0.4) is 0 Å². The smallest absolute Gasteiger partial charge is 0.261 e. The lowest BCUT2D eigenvalue weighted by atomic mass is 9.61. The number of hydrogen-bond acceptors (Lipinski definition) is 3. The van der Waals surface area contributed by atoms with Crippen LogP contribution in [0.4, 0.5) is 8.78 Å². The topological polar surface area (TPSA) is 51.0 Å². The maximum Gasteiger partial charge on any atom is 0.261 e. The van der Waals surface area contributed by atoms with Crippen molar-refractivity contribution >= 4 is 27.3 Å². The van der Waals surface area contributed by atoms with Crippen LogP contribution in [0.5, 0.6) is 0 Å². The van der Waals surface area contributed by atoms with Gasteiger partial charge in [0.05, 0.1) is 21.2 Å². The van der Waals surface area contributed by atoms with Crippen LogP contribution in [-0.2, 0) is 0 Å². The average molecular weight is 348 g/mol. The Morgan fingerprint density at radius 3 is 2.67 bits per heavy atom. The van der Waals surface area contributed by atoms with Crippen LogP contribution in [0, 0.1) is 23.5 Å². The molecule has 2 atom stereocenters. The molecule has 2 aromatic rings. The summed E-state index contributed by atoms with van der Waals surface area (Å²) in [5.74, 6) is -0.206. The van der Waals surface area contributed by atoms with Crippen molar-refractivity contribution in [1.82, 2.24) is 10.6 Å². The molecular formula is C18H18F2N2OS. The van der Waals surface area contributed by atoms with E-state index < -0.39 is 11.6 Å². The molecule has 3 aliphatic carbocycles. The molecule has 24 heavy (non-hydrogen) atoms. The number of benzene rings is 1. The molecule has 0 radical (unpaired) electrons. The summed E-state index contributed by atoms with van der Waals surface area (Å²) in [6, 6.07) is 3.89. The van der Waals surface area contributed by atoms with E-state index in [-0.39, 0.29) is 17.5 Å². The lowest BCUT2D eigenvalue weighted by Crippen LogP contribution is -2.60. The quantitative estimate of drug-likeness (QED) is 0.817. The third kappa shape index (κ3) is 2.05. The van der Waals surface area contributed by atoms with E-state index in [4.69, 9.17) is 0 Å². The van der Waals surface area contributed by atoms with E-state index in [1.54, 1.807) is 6.07 Å². The molecule has 4 fully saturated rings. The first-order chi connectivity index (χ1) is 11.6. The zero-order valence-corrected chi connectivity index (χ0v) is 13.9. The predicted molar refractivity (Wildman–Crippen MR) is 89.2 cm³/mol. The first kappa shape index (κ1) is 14.8. The highest BCUT2D eigenvalue weighted by atomic mass is 32.1. The number of fused-ring (bicyclic) bond motifs is 3. The van der Waals surface area contributed by atoms with E-state index in [1.807, 2.05) is 0 Å². The van der Waals surface area contributed by atoms with Gasteiger partial charge in [-0.1, -0.05) is 0 Å². The van der Waals surface area contributed by atoms with Gasteiger partial charge in [-0.3, -0.25) is 4.79 Å². The molecule has 6 heteroatoms. The second kappa shape index (κ2) is 4.99. The number of halogens is 2. The fraction of sp³-hybridized carbons (Fsp3) is 0.500. The molecule has 1 spiro atoms. The summed E-state index contributed by atoms with van der Waals surface area (Å²) in [7, 11) is 0. The molecular weight excluding hydrogens is 330 g/mol. The van der Waals surface area contributed by atoms with Crippen molar-refractivity contribution in [1.29, 1.82) is 0 Å². The molecule has 1 aromatic carbocycles. The van der Waals surface area contributed by atoms with Gasteiger partial charge in [0.1, 0.15) is 11.6 Å². The van der Waals surface area contributed by atoms with Crippen molar-refractivity contribution in [2.75, 3.05) is 6.54 Å². The Morgan fingerprint density at radius 1 is 1.21 bits per heavy atom. The Labute approximate surface area is 142 Å². The van der Waals surface area contributed by atoms with Gasteiger partial charge in [0.15, 0.2) is 0 Å². The molecule has 1 saturated heterocycles. The minimum atomic E-state index is -0.615. The monoisotopic (exact) mass is 348 g/mol. The number of amides is 1. The summed E-state index contributed by atoms with van der Waals surface area (Å²) in [5, 5.41) is 7.17. The van der Waals surface area contributed by atoms with Crippen molar-refractivity contribution < 1.29 is 13.6 Å². The van der Waals surface area contributed by atoms with Crippen LogP contribution in [0.2, 0.25) is 0 Å². The highest BCUT2D eigenvalue weighted by Gasteiger charge is 2.61. The number of hydrogen-bond donors (Lipinski definition) is 2. The number of thiophene rings is 1. The molecule has 3 nitrogen and oxygen atoms in total. The molecule has 1 aromatic heterocycles. The fourth-order valence-electron chi connectivity index (χ4n) is 4.90. The van der Waals surface area contributed by atoms with Gasteiger partial charge in [-0.05, 0) is 55.0 Å². The molecule has 2 heterocycles. The minimum absolute atomic E-state index is 0.0882. The Morgan fingerprint density at radius 2 is 1.96 bits per heavy atom. The first-order valence-corrected chi connectivity index (χ1v) is 9.33. The normalized spacial score (nSPS) is 34.0. The molecule has 2 bridgehead atoms. The van der Waals surface area contributed by atoms with Crippen LogP contribution < -0.4 is 10.6 Å². The highest BCUT2D eigenvalue weighted by molar-refractivity contribution is 7.20. The predicted octanol–water partition coefficient (Wildman–Crippen LogP) is 3.44. The van der Waals surface area contributed by atoms with Gasteiger partial charge in [0.2, 0.25) is 0 Å². The van der Waals surface area contributed by atoms with Crippen molar-refractivity contribution in [2.24, 2.45) is 11.8 Å². The summed E-state index contributed by atoms with van der Waals surface area (Å²) in [6.07, 6.45) is 4.84. The zero-order valence-electron chi connectivity index (χ0n) is 13.1. The molecule has 1 unspecified atom stereocenters. The Hall–Kier alpha value is -1.53. The van der Waals surface area contributed by atoms with E-state index in [9.17, 15) is 13.6 Å². The molecule has 6 rings (SSSR count). The van der Waals surface area contributed by atoms with E-state index in [0.29, 0.717) is 26.8 Å². The van der Waals surface area contributed by atoms with Gasteiger partial charge in [-0.25, -0.2) is 8.78 Å². The molecule has 1 amide bonds. The molecule has 2 N–H and O–H groups in total. The van der Waals surface area contributed by atoms with Gasteiger partial charge >= 0.3 is 0 Å². The standard InChI is InChI=1S/C18H18F2N2OS/c19-12-5-10-6-14(24-15(10)13(20)7-12)17(23)22-16-9-1-3-11(4-2-9)18(16)8-21-18/h5-7,9,11,16,21H,1-4,8H2,(H,22,23)/t9?,11?,16?,18-/m0/s1. The number of rotatable bonds is 2. The Bertz CT molecular complexity index is 837. The van der Waals surface area contributed by atoms with E-state index >= 15 is 0 Å². The van der Waals surface area contributed by atoms with E-state index in [1.165, 1.54) is 31.7 Å². The van der Waals surface area contributed by atoms with Gasteiger partial charge in [0.25, 0.3) is 5.91 Å². The van der Waals surface area contributed by atoms with Crippen molar-refractivity contribution in [3.63, 3.8) is 0 Å². The average Bonchev–Trinajstić information content (AvgIpc) is 3.22. The summed E-state index contributed by atoms with van der Waals surface area (Å²) < 4.78 is 27.6. The summed E-state index contributed by atoms with van der Waals surface area (Å²) in [6.45, 7) is 0.978. The van der Waals surface area contributed by atoms with Crippen LogP contribution in [0.1, 0.15) is 35.4 Å². The highest BCUT2D eigenvalue weighted by Crippen LogP contribution is 2.51. The maximum absolute atomic E-state index is 13.9. The van der Waals surface area contributed by atoms with Crippen molar-refractivity contribution in [3.8, 4) is 0 Å². The molecule has 4 aliphatic rings. The van der Waals surface area contributed by atoms with Gasteiger partial charge in [-0.15, -0.1) is 11.3 Å². The lowest BCUT2D eigenvalue weighted by Gasteiger charge is -2.48. The van der Waals surface area contributed by atoms with Crippen molar-refractivity contribution in [3.05, 3.63) is 34.7 Å². The summed E-state index contributed by atoms with van der Waals surface area (Å²) >= 11 is 1.10. The van der Waals surface area contributed by atoms with Crippen molar-refractivity contribution in [2.45, 2.75) is 37.3 Å². The number of nitrogens with one attached hydrogen (secondary N) is 2. The van der Waals surface area contributed by atoms with Gasteiger partial charge in [-0.2, -0.15) is 0 Å².